The molecular formula is C20H14FN3O2S. The van der Waals surface area contributed by atoms with E-state index >= 15 is 0 Å². The zero-order valence-corrected chi connectivity index (χ0v) is 14.8. The maximum Gasteiger partial charge on any atom is 0.291 e. The molecule has 0 saturated heterocycles. The van der Waals surface area contributed by atoms with Crippen molar-refractivity contribution in [3.63, 3.8) is 0 Å². The fraction of sp³-hybridized carbons (Fsp3) is 0. The van der Waals surface area contributed by atoms with E-state index in [4.69, 9.17) is 4.42 Å². The summed E-state index contributed by atoms with van der Waals surface area (Å²) >= 11 is 1.46. The number of thiazole rings is 1. The maximum atomic E-state index is 13.0. The topological polar surface area (TPSA) is 67.2 Å². The van der Waals surface area contributed by atoms with Crippen LogP contribution < -0.4 is 10.6 Å². The molecule has 0 radical (unpaired) electrons. The van der Waals surface area contributed by atoms with Crippen LogP contribution in [-0.2, 0) is 0 Å². The van der Waals surface area contributed by atoms with E-state index in [9.17, 15) is 9.18 Å². The summed E-state index contributed by atoms with van der Waals surface area (Å²) in [5.41, 5.74) is 3.18. The lowest BCUT2D eigenvalue weighted by Crippen LogP contribution is -2.10. The summed E-state index contributed by atoms with van der Waals surface area (Å²) in [6.45, 7) is 0. The van der Waals surface area contributed by atoms with E-state index in [1.165, 1.54) is 29.7 Å². The second-order valence-corrected chi connectivity index (χ2v) is 6.54. The fourth-order valence-corrected chi connectivity index (χ4v) is 3.19. The largest absolute Gasteiger partial charge is 0.459 e. The van der Waals surface area contributed by atoms with E-state index in [1.807, 2.05) is 29.6 Å². The van der Waals surface area contributed by atoms with Crippen molar-refractivity contribution in [2.75, 3.05) is 10.6 Å². The molecule has 4 rings (SSSR count). The van der Waals surface area contributed by atoms with E-state index in [1.54, 1.807) is 24.3 Å². The molecule has 0 aliphatic carbocycles. The van der Waals surface area contributed by atoms with Gasteiger partial charge in [-0.1, -0.05) is 12.1 Å². The molecule has 2 aromatic carbocycles. The summed E-state index contributed by atoms with van der Waals surface area (Å²) in [4.78, 5) is 16.5. The van der Waals surface area contributed by atoms with Gasteiger partial charge in [0.05, 0.1) is 12.0 Å². The van der Waals surface area contributed by atoms with Crippen molar-refractivity contribution in [2.45, 2.75) is 0 Å². The average Bonchev–Trinajstić information content (AvgIpc) is 3.36. The number of aromatic nitrogens is 1. The zero-order chi connectivity index (χ0) is 18.6. The van der Waals surface area contributed by atoms with Crippen molar-refractivity contribution in [3.05, 3.63) is 83.9 Å². The van der Waals surface area contributed by atoms with Crippen LogP contribution in [0.25, 0.3) is 11.3 Å². The molecule has 1 amide bonds. The number of nitrogens with zero attached hydrogens (tertiary/aromatic N) is 1. The first kappa shape index (κ1) is 17.0. The number of halogens is 1. The van der Waals surface area contributed by atoms with Crippen molar-refractivity contribution in [3.8, 4) is 11.3 Å². The summed E-state index contributed by atoms with van der Waals surface area (Å²) in [6.07, 6.45) is 1.46. The Morgan fingerprint density at radius 1 is 1.00 bits per heavy atom. The fourth-order valence-electron chi connectivity index (χ4n) is 2.45. The molecule has 5 nitrogen and oxygen atoms in total. The van der Waals surface area contributed by atoms with Gasteiger partial charge in [-0.25, -0.2) is 9.37 Å². The number of carbonyl (C=O) groups is 1. The SMILES string of the molecule is O=C(Nc1ccc(-c2csc(Nc3ccc(F)cc3)n2)cc1)c1ccco1. The zero-order valence-electron chi connectivity index (χ0n) is 14.0. The van der Waals surface area contributed by atoms with Crippen molar-refractivity contribution >= 4 is 33.8 Å². The number of rotatable bonds is 5. The van der Waals surface area contributed by atoms with Crippen LogP contribution in [0.15, 0.2) is 76.7 Å². The Balaban J connectivity index is 1.44. The van der Waals surface area contributed by atoms with E-state index in [2.05, 4.69) is 15.6 Å². The Kier molecular flexibility index (Phi) is 4.67. The molecule has 0 saturated carbocycles. The van der Waals surface area contributed by atoms with Gasteiger partial charge in [-0.3, -0.25) is 4.79 Å². The number of hydrogen-bond acceptors (Lipinski definition) is 5. The van der Waals surface area contributed by atoms with Crippen LogP contribution in [-0.4, -0.2) is 10.9 Å². The second kappa shape index (κ2) is 7.43. The third-order valence-corrected chi connectivity index (χ3v) is 4.54. The first-order chi connectivity index (χ1) is 13.2. The third kappa shape index (κ3) is 4.04. The summed E-state index contributed by atoms with van der Waals surface area (Å²) in [5, 5.41) is 8.57. The highest BCUT2D eigenvalue weighted by molar-refractivity contribution is 7.14. The van der Waals surface area contributed by atoms with Crippen molar-refractivity contribution in [1.82, 2.24) is 4.98 Å². The van der Waals surface area contributed by atoms with Crippen LogP contribution >= 0.6 is 11.3 Å². The van der Waals surface area contributed by atoms with E-state index < -0.39 is 0 Å². The highest BCUT2D eigenvalue weighted by Gasteiger charge is 2.09. The molecule has 2 N–H and O–H groups in total. The van der Waals surface area contributed by atoms with E-state index in [-0.39, 0.29) is 17.5 Å². The Morgan fingerprint density at radius 3 is 2.44 bits per heavy atom. The Morgan fingerprint density at radius 2 is 1.74 bits per heavy atom. The molecule has 0 unspecified atom stereocenters. The monoisotopic (exact) mass is 379 g/mol. The molecular weight excluding hydrogens is 365 g/mol. The van der Waals surface area contributed by atoms with Gasteiger partial charge in [0.2, 0.25) is 0 Å². The summed E-state index contributed by atoms with van der Waals surface area (Å²) in [7, 11) is 0. The van der Waals surface area contributed by atoms with Crippen LogP contribution in [0, 0.1) is 5.82 Å². The Bertz CT molecular complexity index is 1040. The molecule has 4 aromatic rings. The normalized spacial score (nSPS) is 10.6. The van der Waals surface area contributed by atoms with Gasteiger partial charge in [0.1, 0.15) is 5.82 Å². The third-order valence-electron chi connectivity index (χ3n) is 3.78. The standard InChI is InChI=1S/C20H14FN3O2S/c21-14-5-9-16(10-6-14)23-20-24-17(12-27-20)13-3-7-15(8-4-13)22-19(25)18-2-1-11-26-18/h1-12H,(H,22,25)(H,23,24). The van der Waals surface area contributed by atoms with E-state index in [0.717, 1.165) is 16.9 Å². The average molecular weight is 379 g/mol. The molecule has 0 bridgehead atoms. The number of benzene rings is 2. The Labute approximate surface area is 158 Å². The minimum absolute atomic E-state index is 0.259. The lowest BCUT2D eigenvalue weighted by atomic mass is 10.1. The molecule has 0 atom stereocenters. The first-order valence-corrected chi connectivity index (χ1v) is 8.99. The number of amides is 1. The molecule has 2 aromatic heterocycles. The summed E-state index contributed by atoms with van der Waals surface area (Å²) < 4.78 is 18.0. The lowest BCUT2D eigenvalue weighted by molar-refractivity contribution is 0.0996. The van der Waals surface area contributed by atoms with Gasteiger partial charge in [-0.05, 0) is 48.5 Å². The highest BCUT2D eigenvalue weighted by Crippen LogP contribution is 2.28. The minimum atomic E-state index is -0.299. The van der Waals surface area contributed by atoms with Gasteiger partial charge >= 0.3 is 0 Å². The molecule has 7 heteroatoms. The quantitative estimate of drug-likeness (QED) is 0.478. The van der Waals surface area contributed by atoms with Crippen LogP contribution in [0.2, 0.25) is 0 Å². The van der Waals surface area contributed by atoms with Crippen LogP contribution in [0.4, 0.5) is 20.9 Å². The number of furan rings is 1. The highest BCUT2D eigenvalue weighted by atomic mass is 32.1. The van der Waals surface area contributed by atoms with Gasteiger partial charge < -0.3 is 15.1 Å². The Hall–Kier alpha value is -3.45. The van der Waals surface area contributed by atoms with Crippen molar-refractivity contribution < 1.29 is 13.6 Å². The molecule has 134 valence electrons. The second-order valence-electron chi connectivity index (χ2n) is 5.68. The number of anilines is 3. The smallest absolute Gasteiger partial charge is 0.291 e. The summed E-state index contributed by atoms with van der Waals surface area (Å²) in [6, 6.07) is 16.8. The molecule has 0 aliphatic rings. The summed E-state index contributed by atoms with van der Waals surface area (Å²) in [5.74, 6) is -0.318. The molecule has 27 heavy (non-hydrogen) atoms. The van der Waals surface area contributed by atoms with Crippen LogP contribution in [0.3, 0.4) is 0 Å². The number of carbonyl (C=O) groups excluding carboxylic acids is 1. The number of nitrogens with one attached hydrogen (secondary N) is 2. The van der Waals surface area contributed by atoms with Gasteiger partial charge in [0.15, 0.2) is 10.9 Å². The lowest BCUT2D eigenvalue weighted by Gasteiger charge is -2.04. The van der Waals surface area contributed by atoms with E-state index in [0.29, 0.717) is 10.8 Å². The van der Waals surface area contributed by atoms with Gasteiger partial charge in [0, 0.05) is 22.3 Å². The predicted octanol–water partition coefficient (Wildman–Crippen LogP) is 5.54. The van der Waals surface area contributed by atoms with Gasteiger partial charge in [0.25, 0.3) is 5.91 Å². The molecule has 0 aliphatic heterocycles. The van der Waals surface area contributed by atoms with Gasteiger partial charge in [-0.15, -0.1) is 11.3 Å². The molecule has 2 heterocycles. The molecule has 0 fully saturated rings. The van der Waals surface area contributed by atoms with Gasteiger partial charge in [-0.2, -0.15) is 0 Å². The number of hydrogen-bond donors (Lipinski definition) is 2. The predicted molar refractivity (Wildman–Crippen MR) is 104 cm³/mol. The van der Waals surface area contributed by atoms with Crippen LogP contribution in [0.1, 0.15) is 10.6 Å². The molecule has 0 spiro atoms. The minimum Gasteiger partial charge on any atom is -0.459 e. The van der Waals surface area contributed by atoms with Crippen molar-refractivity contribution in [1.29, 1.82) is 0 Å². The first-order valence-electron chi connectivity index (χ1n) is 8.11. The maximum absolute atomic E-state index is 13.0. The van der Waals surface area contributed by atoms with Crippen molar-refractivity contribution in [2.24, 2.45) is 0 Å². The van der Waals surface area contributed by atoms with Crippen LogP contribution in [0.5, 0.6) is 0 Å².